The maximum absolute atomic E-state index is 12.6. The SMILES string of the molecule is CS(=O)(=O)c1ccc(NC(=O)NCC(O)COc2cccc(C(F)(F)F)c2)cc1. The molecular weight excluding hydrogens is 413 g/mol. The third-order valence-corrected chi connectivity index (χ3v) is 4.77. The number of sulfone groups is 1. The number of urea groups is 1. The smallest absolute Gasteiger partial charge is 0.416 e. The predicted octanol–water partition coefficient (Wildman–Crippen LogP) is 2.67. The van der Waals surface area contributed by atoms with Crippen LogP contribution < -0.4 is 15.4 Å². The molecule has 0 aliphatic carbocycles. The van der Waals surface area contributed by atoms with Crippen LogP contribution in [-0.4, -0.2) is 45.1 Å². The fraction of sp³-hybridized carbons (Fsp3) is 0.278. The molecule has 0 radical (unpaired) electrons. The molecule has 0 spiro atoms. The van der Waals surface area contributed by atoms with Crippen molar-refractivity contribution in [3.05, 3.63) is 54.1 Å². The Morgan fingerprint density at radius 1 is 1.17 bits per heavy atom. The number of hydrogen-bond acceptors (Lipinski definition) is 5. The summed E-state index contributed by atoms with van der Waals surface area (Å²) in [4.78, 5) is 11.9. The van der Waals surface area contributed by atoms with E-state index in [1.807, 2.05) is 0 Å². The first-order valence-corrected chi connectivity index (χ1v) is 10.2. The number of carbonyl (C=O) groups excluding carboxylic acids is 1. The summed E-state index contributed by atoms with van der Waals surface area (Å²) in [5.41, 5.74) is -0.534. The van der Waals surface area contributed by atoms with Crippen LogP contribution in [0.25, 0.3) is 0 Å². The number of ether oxygens (including phenoxy) is 1. The molecule has 1 atom stereocenters. The van der Waals surface area contributed by atoms with E-state index in [4.69, 9.17) is 4.74 Å². The molecule has 3 N–H and O–H groups in total. The molecule has 11 heteroatoms. The molecule has 2 rings (SSSR count). The zero-order valence-electron chi connectivity index (χ0n) is 15.2. The lowest BCUT2D eigenvalue weighted by Gasteiger charge is -2.15. The lowest BCUT2D eigenvalue weighted by Crippen LogP contribution is -2.37. The largest absolute Gasteiger partial charge is 0.491 e. The number of amides is 2. The molecule has 0 aliphatic rings. The molecule has 0 aromatic heterocycles. The van der Waals surface area contributed by atoms with Crippen LogP contribution in [0.1, 0.15) is 5.56 Å². The summed E-state index contributed by atoms with van der Waals surface area (Å²) >= 11 is 0. The van der Waals surface area contributed by atoms with Crippen molar-refractivity contribution in [1.82, 2.24) is 5.32 Å². The average molecular weight is 432 g/mol. The fourth-order valence-corrected chi connectivity index (χ4v) is 2.82. The zero-order valence-corrected chi connectivity index (χ0v) is 16.0. The van der Waals surface area contributed by atoms with Crippen molar-refractivity contribution in [2.45, 2.75) is 17.2 Å². The molecule has 0 saturated heterocycles. The van der Waals surface area contributed by atoms with Crippen LogP contribution in [0.5, 0.6) is 5.75 Å². The molecule has 0 fully saturated rings. The van der Waals surface area contributed by atoms with E-state index in [-0.39, 0.29) is 23.8 Å². The van der Waals surface area contributed by atoms with Crippen LogP contribution >= 0.6 is 0 Å². The van der Waals surface area contributed by atoms with E-state index in [2.05, 4.69) is 10.6 Å². The number of aliphatic hydroxyl groups excluding tert-OH is 1. The van der Waals surface area contributed by atoms with Gasteiger partial charge in [-0.3, -0.25) is 0 Å². The molecule has 158 valence electrons. The maximum atomic E-state index is 12.6. The minimum absolute atomic E-state index is 0.0608. The Morgan fingerprint density at radius 3 is 2.41 bits per heavy atom. The number of halogens is 3. The molecule has 0 saturated carbocycles. The molecule has 2 aromatic rings. The van der Waals surface area contributed by atoms with Gasteiger partial charge >= 0.3 is 12.2 Å². The van der Waals surface area contributed by atoms with Crippen LogP contribution in [0, 0.1) is 0 Å². The highest BCUT2D eigenvalue weighted by Crippen LogP contribution is 2.31. The summed E-state index contributed by atoms with van der Waals surface area (Å²) in [7, 11) is -3.35. The number of anilines is 1. The maximum Gasteiger partial charge on any atom is 0.416 e. The molecule has 2 amide bonds. The van der Waals surface area contributed by atoms with Gasteiger partial charge in [0.2, 0.25) is 0 Å². The Bertz CT molecular complexity index is 947. The van der Waals surface area contributed by atoms with Crippen molar-refractivity contribution in [2.24, 2.45) is 0 Å². The highest BCUT2D eigenvalue weighted by atomic mass is 32.2. The van der Waals surface area contributed by atoms with E-state index in [9.17, 15) is 31.5 Å². The first-order chi connectivity index (χ1) is 13.4. The first kappa shape index (κ1) is 22.5. The quantitative estimate of drug-likeness (QED) is 0.624. The lowest BCUT2D eigenvalue weighted by molar-refractivity contribution is -0.137. The third kappa shape index (κ3) is 7.27. The molecule has 7 nitrogen and oxygen atoms in total. The Hall–Kier alpha value is -2.79. The number of aliphatic hydroxyl groups is 1. The van der Waals surface area contributed by atoms with Gasteiger partial charge in [-0.25, -0.2) is 13.2 Å². The van der Waals surface area contributed by atoms with Crippen molar-refractivity contribution in [1.29, 1.82) is 0 Å². The van der Waals surface area contributed by atoms with Crippen molar-refractivity contribution < 1.29 is 36.2 Å². The second-order valence-electron chi connectivity index (χ2n) is 6.12. The molecule has 1 unspecified atom stereocenters. The van der Waals surface area contributed by atoms with Gasteiger partial charge < -0.3 is 20.5 Å². The number of alkyl halides is 3. The monoisotopic (exact) mass is 432 g/mol. The lowest BCUT2D eigenvalue weighted by atomic mass is 10.2. The van der Waals surface area contributed by atoms with Crippen molar-refractivity contribution in [2.75, 3.05) is 24.7 Å². The minimum Gasteiger partial charge on any atom is -0.491 e. The van der Waals surface area contributed by atoms with Crippen LogP contribution in [0.3, 0.4) is 0 Å². The molecule has 0 heterocycles. The van der Waals surface area contributed by atoms with E-state index in [1.54, 1.807) is 0 Å². The van der Waals surface area contributed by atoms with Crippen molar-refractivity contribution in [3.63, 3.8) is 0 Å². The normalized spacial score (nSPS) is 12.9. The van der Waals surface area contributed by atoms with Crippen molar-refractivity contribution >= 4 is 21.6 Å². The van der Waals surface area contributed by atoms with Gasteiger partial charge in [-0.15, -0.1) is 0 Å². The summed E-state index contributed by atoms with van der Waals surface area (Å²) in [5, 5.41) is 14.6. The second-order valence-corrected chi connectivity index (χ2v) is 8.14. The number of carbonyl (C=O) groups is 1. The van der Waals surface area contributed by atoms with Gasteiger partial charge in [0.1, 0.15) is 18.5 Å². The molecule has 0 bridgehead atoms. The number of benzene rings is 2. The summed E-state index contributed by atoms with van der Waals surface area (Å²) in [5.74, 6) is -0.0608. The molecule has 0 aliphatic heterocycles. The third-order valence-electron chi connectivity index (χ3n) is 3.64. The van der Waals surface area contributed by atoms with Gasteiger partial charge in [0, 0.05) is 18.5 Å². The standard InChI is InChI=1S/C18H19F3N2O5S/c1-29(26,27)16-7-5-13(6-8-16)23-17(25)22-10-14(24)11-28-15-4-2-3-12(9-15)18(19,20)21/h2-9,14,24H,10-11H2,1H3,(H2,22,23,25). The van der Waals surface area contributed by atoms with Gasteiger partial charge in [-0.2, -0.15) is 13.2 Å². The molecule has 29 heavy (non-hydrogen) atoms. The zero-order chi connectivity index (χ0) is 21.7. The average Bonchev–Trinajstić information content (AvgIpc) is 2.64. The molecule has 2 aromatic carbocycles. The van der Waals surface area contributed by atoms with E-state index >= 15 is 0 Å². The highest BCUT2D eigenvalue weighted by molar-refractivity contribution is 7.90. The van der Waals surface area contributed by atoms with Gasteiger partial charge in [-0.1, -0.05) is 6.07 Å². The summed E-state index contributed by atoms with van der Waals surface area (Å²) in [6.07, 6.45) is -4.61. The fourth-order valence-electron chi connectivity index (χ4n) is 2.18. The van der Waals surface area contributed by atoms with E-state index in [0.717, 1.165) is 18.4 Å². The Kier molecular flexibility index (Phi) is 7.09. The Labute approximate surface area is 165 Å². The minimum atomic E-state index is -4.50. The number of nitrogens with one attached hydrogen (secondary N) is 2. The van der Waals surface area contributed by atoms with Gasteiger partial charge in [-0.05, 0) is 42.5 Å². The molecular formula is C18H19F3N2O5S. The highest BCUT2D eigenvalue weighted by Gasteiger charge is 2.30. The summed E-state index contributed by atoms with van der Waals surface area (Å²) in [6.45, 7) is -0.545. The predicted molar refractivity (Wildman–Crippen MR) is 99.5 cm³/mol. The van der Waals surface area contributed by atoms with Crippen LogP contribution in [0.15, 0.2) is 53.4 Å². The Morgan fingerprint density at radius 2 is 1.83 bits per heavy atom. The second kappa shape index (κ2) is 9.14. The topological polar surface area (TPSA) is 105 Å². The Balaban J connectivity index is 1.79. The summed E-state index contributed by atoms with van der Waals surface area (Å²) in [6, 6.07) is 9.05. The van der Waals surface area contributed by atoms with Gasteiger partial charge in [0.25, 0.3) is 0 Å². The van der Waals surface area contributed by atoms with Crippen LogP contribution in [-0.2, 0) is 16.0 Å². The van der Waals surface area contributed by atoms with Crippen molar-refractivity contribution in [3.8, 4) is 5.75 Å². The number of rotatable bonds is 7. The first-order valence-electron chi connectivity index (χ1n) is 8.28. The van der Waals surface area contributed by atoms with Crippen LogP contribution in [0.2, 0.25) is 0 Å². The van der Waals surface area contributed by atoms with E-state index in [0.29, 0.717) is 5.69 Å². The van der Waals surface area contributed by atoms with Gasteiger partial charge in [0.15, 0.2) is 9.84 Å². The van der Waals surface area contributed by atoms with Gasteiger partial charge in [0.05, 0.1) is 10.5 Å². The van der Waals surface area contributed by atoms with E-state index < -0.39 is 33.7 Å². The van der Waals surface area contributed by atoms with Crippen LogP contribution in [0.4, 0.5) is 23.7 Å². The van der Waals surface area contributed by atoms with E-state index in [1.165, 1.54) is 36.4 Å². The summed E-state index contributed by atoms with van der Waals surface area (Å²) < 4.78 is 65.8. The number of hydrogen-bond donors (Lipinski definition) is 3.